The van der Waals surface area contributed by atoms with Gasteiger partial charge in [-0.15, -0.1) is 0 Å². The van der Waals surface area contributed by atoms with Gasteiger partial charge in [-0.1, -0.05) is 134 Å². The molecule has 5 rings (SSSR count). The van der Waals surface area contributed by atoms with E-state index in [9.17, 15) is 0 Å². The summed E-state index contributed by atoms with van der Waals surface area (Å²) in [5.41, 5.74) is 5.07. The van der Waals surface area contributed by atoms with Crippen LogP contribution in [0.3, 0.4) is 0 Å². The van der Waals surface area contributed by atoms with Gasteiger partial charge in [0.1, 0.15) is 0 Å². The molecule has 0 heterocycles. The molecular weight excluding hydrogens is 427 g/mol. The van der Waals surface area contributed by atoms with Gasteiger partial charge < -0.3 is 0 Å². The average Bonchev–Trinajstić information content (AvgIpc) is 2.89. The number of hydrogen-bond donors (Lipinski definition) is 0. The van der Waals surface area contributed by atoms with Crippen LogP contribution in [0, 0.1) is 6.92 Å². The van der Waals surface area contributed by atoms with Crippen LogP contribution in [-0.4, -0.2) is 0 Å². The summed E-state index contributed by atoms with van der Waals surface area (Å²) < 4.78 is 0. The lowest BCUT2D eigenvalue weighted by atomic mass is 9.90. The summed E-state index contributed by atoms with van der Waals surface area (Å²) in [7, 11) is -0.606. The van der Waals surface area contributed by atoms with E-state index in [0.717, 1.165) is 0 Å². The first kappa shape index (κ1) is 22.1. The third-order valence-corrected chi connectivity index (χ3v) is 8.65. The van der Waals surface area contributed by atoms with Gasteiger partial charge in [-0.3, -0.25) is 0 Å². The molecule has 0 nitrogen and oxygen atoms in total. The van der Waals surface area contributed by atoms with Crippen LogP contribution in [0.2, 0.25) is 0 Å². The van der Waals surface area contributed by atoms with Gasteiger partial charge in [-0.25, -0.2) is 0 Å². The number of allylic oxidation sites excluding steroid dienone is 2. The van der Waals surface area contributed by atoms with Crippen LogP contribution >= 0.6 is 7.92 Å². The zero-order valence-corrected chi connectivity index (χ0v) is 20.3. The molecule has 1 heteroatoms. The van der Waals surface area contributed by atoms with Gasteiger partial charge in [-0.05, 0) is 69.9 Å². The van der Waals surface area contributed by atoms with E-state index in [2.05, 4.69) is 135 Å². The third kappa shape index (κ3) is 4.38. The fourth-order valence-electron chi connectivity index (χ4n) is 4.57. The van der Waals surface area contributed by atoms with Gasteiger partial charge in [-0.2, -0.15) is 0 Å². The number of hydrogen-bond acceptors (Lipinski definition) is 0. The maximum atomic E-state index is 3.84. The van der Waals surface area contributed by atoms with Crippen molar-refractivity contribution in [3.63, 3.8) is 0 Å². The molecule has 164 valence electrons. The highest BCUT2D eigenvalue weighted by molar-refractivity contribution is 7.79. The summed E-state index contributed by atoms with van der Waals surface area (Å²) in [6.45, 7) is 6.06. The van der Waals surface area contributed by atoms with Crippen molar-refractivity contribution in [3.05, 3.63) is 145 Å². The molecule has 0 fully saturated rings. The molecular formula is C33H27P. The Hall–Kier alpha value is -3.73. The second-order valence-corrected chi connectivity index (χ2v) is 10.6. The summed E-state index contributed by atoms with van der Waals surface area (Å²) in [6.07, 6.45) is 5.99. The first-order valence-corrected chi connectivity index (χ1v) is 12.9. The lowest BCUT2D eigenvalue weighted by Gasteiger charge is -2.20. The van der Waals surface area contributed by atoms with Crippen molar-refractivity contribution in [1.29, 1.82) is 0 Å². The van der Waals surface area contributed by atoms with Gasteiger partial charge in [0, 0.05) is 0 Å². The molecule has 0 N–H and O–H groups in total. The van der Waals surface area contributed by atoms with Crippen molar-refractivity contribution < 1.29 is 0 Å². The highest BCUT2D eigenvalue weighted by atomic mass is 31.1. The van der Waals surface area contributed by atoms with E-state index >= 15 is 0 Å². The maximum Gasteiger partial charge on any atom is -0.00701 e. The van der Waals surface area contributed by atoms with Crippen molar-refractivity contribution in [2.75, 3.05) is 0 Å². The minimum absolute atomic E-state index is 0.606. The molecule has 5 aromatic carbocycles. The first-order chi connectivity index (χ1) is 16.8. The second kappa shape index (κ2) is 10.0. The molecule has 0 spiro atoms. The highest BCUT2D eigenvalue weighted by Gasteiger charge is 2.17. The van der Waals surface area contributed by atoms with Gasteiger partial charge in [0.25, 0.3) is 0 Å². The Morgan fingerprint density at radius 2 is 1.21 bits per heavy atom. The lowest BCUT2D eigenvalue weighted by Crippen LogP contribution is -2.20. The second-order valence-electron chi connectivity index (χ2n) is 8.34. The molecule has 0 bridgehead atoms. The molecule has 34 heavy (non-hydrogen) atoms. The maximum absolute atomic E-state index is 3.84. The molecule has 0 saturated heterocycles. The lowest BCUT2D eigenvalue weighted by molar-refractivity contribution is 1.46. The van der Waals surface area contributed by atoms with Crippen LogP contribution in [0.25, 0.3) is 28.0 Å². The molecule has 0 aliphatic rings. The molecule has 5 aromatic rings. The number of benzene rings is 5. The quantitative estimate of drug-likeness (QED) is 0.182. The fourth-order valence-corrected chi connectivity index (χ4v) is 6.85. The Morgan fingerprint density at radius 1 is 0.647 bits per heavy atom. The van der Waals surface area contributed by atoms with Crippen molar-refractivity contribution in [2.45, 2.75) is 6.92 Å². The van der Waals surface area contributed by atoms with Crippen LogP contribution in [0.4, 0.5) is 0 Å². The van der Waals surface area contributed by atoms with E-state index in [0.29, 0.717) is 0 Å². The zero-order valence-electron chi connectivity index (χ0n) is 19.4. The Balaban J connectivity index is 1.64. The molecule has 0 aliphatic heterocycles. The molecule has 0 radical (unpaired) electrons. The normalized spacial score (nSPS) is 11.4. The minimum atomic E-state index is -0.606. The zero-order chi connectivity index (χ0) is 23.3. The molecule has 0 atom stereocenters. The molecule has 0 aliphatic carbocycles. The van der Waals surface area contributed by atoms with E-state index in [1.54, 1.807) is 0 Å². The predicted molar refractivity (Wildman–Crippen MR) is 152 cm³/mol. The van der Waals surface area contributed by atoms with Crippen molar-refractivity contribution in [2.24, 2.45) is 0 Å². The van der Waals surface area contributed by atoms with Crippen molar-refractivity contribution in [1.82, 2.24) is 0 Å². The molecule has 0 unspecified atom stereocenters. The molecule has 0 saturated carbocycles. The van der Waals surface area contributed by atoms with Crippen LogP contribution in [0.5, 0.6) is 0 Å². The number of rotatable bonds is 6. The van der Waals surface area contributed by atoms with E-state index < -0.39 is 7.92 Å². The third-order valence-electron chi connectivity index (χ3n) is 6.20. The Bertz CT molecular complexity index is 1410. The molecule has 0 amide bonds. The van der Waals surface area contributed by atoms with Gasteiger partial charge in [0.15, 0.2) is 0 Å². The minimum Gasteiger partial charge on any atom is -0.0991 e. The summed E-state index contributed by atoms with van der Waals surface area (Å²) >= 11 is 0. The summed E-state index contributed by atoms with van der Waals surface area (Å²) in [5.74, 6) is 0. The summed E-state index contributed by atoms with van der Waals surface area (Å²) in [4.78, 5) is 0. The van der Waals surface area contributed by atoms with E-state index in [1.807, 2.05) is 12.2 Å². The highest BCUT2D eigenvalue weighted by Crippen LogP contribution is 2.37. The van der Waals surface area contributed by atoms with Gasteiger partial charge in [0.05, 0.1) is 0 Å². The standard InChI is InChI=1S/C33H27P/c1-3-4-13-27-24-28-14-11-12-19-32(28)33(25(27)2)26-20-22-31(23-21-26)34(29-15-7-5-8-16-29)30-17-9-6-10-18-30/h3-24H,1H2,2H3/b13-4-. The Labute approximate surface area is 203 Å². The largest absolute Gasteiger partial charge is 0.0991 e. The summed E-state index contributed by atoms with van der Waals surface area (Å²) in [6, 6.07) is 41.9. The molecule has 0 aromatic heterocycles. The Morgan fingerprint density at radius 3 is 1.82 bits per heavy atom. The van der Waals surface area contributed by atoms with Crippen molar-refractivity contribution in [3.8, 4) is 11.1 Å². The monoisotopic (exact) mass is 454 g/mol. The first-order valence-electron chi connectivity index (χ1n) is 11.6. The fraction of sp³-hybridized carbons (Fsp3) is 0.0303. The van der Waals surface area contributed by atoms with Gasteiger partial charge >= 0.3 is 0 Å². The SMILES string of the molecule is C=C/C=C\c1cc2ccccc2c(-c2ccc(P(c3ccccc3)c3ccccc3)cc2)c1C. The smallest absolute Gasteiger partial charge is 0.00701 e. The van der Waals surface area contributed by atoms with Crippen LogP contribution in [0.15, 0.2) is 134 Å². The van der Waals surface area contributed by atoms with Crippen LogP contribution < -0.4 is 15.9 Å². The van der Waals surface area contributed by atoms with E-state index in [-0.39, 0.29) is 0 Å². The predicted octanol–water partition coefficient (Wildman–Crippen LogP) is 7.77. The topological polar surface area (TPSA) is 0 Å². The van der Waals surface area contributed by atoms with Crippen molar-refractivity contribution >= 4 is 40.7 Å². The number of fused-ring (bicyclic) bond motifs is 1. The van der Waals surface area contributed by atoms with Gasteiger partial charge in [0.2, 0.25) is 0 Å². The van der Waals surface area contributed by atoms with Crippen LogP contribution in [-0.2, 0) is 0 Å². The summed E-state index contributed by atoms with van der Waals surface area (Å²) in [5, 5.41) is 6.65. The average molecular weight is 455 g/mol. The van der Waals surface area contributed by atoms with E-state index in [1.165, 1.54) is 48.9 Å². The van der Waals surface area contributed by atoms with E-state index in [4.69, 9.17) is 0 Å². The van der Waals surface area contributed by atoms with Crippen LogP contribution in [0.1, 0.15) is 11.1 Å². The Kier molecular flexibility index (Phi) is 6.52.